The summed E-state index contributed by atoms with van der Waals surface area (Å²) in [6.07, 6.45) is 0.142. The van der Waals surface area contributed by atoms with Crippen LogP contribution in [-0.2, 0) is 11.3 Å². The highest BCUT2D eigenvalue weighted by atomic mass is 32.1. The van der Waals surface area contributed by atoms with Crippen molar-refractivity contribution < 1.29 is 14.7 Å². The fourth-order valence-electron chi connectivity index (χ4n) is 2.67. The smallest absolute Gasteiger partial charge is 0.255 e. The molecule has 6 heteroatoms. The van der Waals surface area contributed by atoms with E-state index in [9.17, 15) is 14.7 Å². The van der Waals surface area contributed by atoms with Crippen LogP contribution in [0.4, 0.5) is 0 Å². The number of fused-ring (bicyclic) bond motifs is 1. The average Bonchev–Trinajstić information content (AvgIpc) is 2.69. The fourth-order valence-corrected chi connectivity index (χ4v) is 2.94. The number of rotatable bonds is 1. The van der Waals surface area contributed by atoms with Crippen molar-refractivity contribution in [2.75, 3.05) is 0 Å². The molecule has 1 saturated heterocycles. The molecule has 2 unspecified atom stereocenters. The van der Waals surface area contributed by atoms with Crippen molar-refractivity contribution in [3.05, 3.63) is 29.3 Å². The molecule has 0 aromatic heterocycles. The average molecular weight is 278 g/mol. The number of thiol groups is 1. The van der Waals surface area contributed by atoms with Crippen LogP contribution in [0.2, 0.25) is 0 Å². The minimum Gasteiger partial charge on any atom is -0.374 e. The fraction of sp³-hybridized carbons (Fsp3) is 0.385. The molecular formula is C13H14N2O3S. The van der Waals surface area contributed by atoms with E-state index in [0.29, 0.717) is 24.9 Å². The molecule has 1 aromatic carbocycles. The second-order valence-electron chi connectivity index (χ2n) is 4.85. The molecule has 0 bridgehead atoms. The number of carbonyl (C=O) groups is 2. The van der Waals surface area contributed by atoms with Gasteiger partial charge in [0.1, 0.15) is 12.3 Å². The summed E-state index contributed by atoms with van der Waals surface area (Å²) in [6.45, 7) is 0.405. The van der Waals surface area contributed by atoms with E-state index in [1.54, 1.807) is 17.0 Å². The van der Waals surface area contributed by atoms with Gasteiger partial charge in [0.25, 0.3) is 5.91 Å². The number of hydrogen-bond acceptors (Lipinski definition) is 4. The number of amides is 2. The van der Waals surface area contributed by atoms with Crippen LogP contribution in [0.1, 0.15) is 28.8 Å². The molecule has 2 amide bonds. The summed E-state index contributed by atoms with van der Waals surface area (Å²) in [5.74, 6) is -0.428. The van der Waals surface area contributed by atoms with E-state index in [4.69, 9.17) is 0 Å². The van der Waals surface area contributed by atoms with Crippen molar-refractivity contribution in [2.45, 2.75) is 36.6 Å². The molecule has 2 aliphatic rings. The molecule has 1 fully saturated rings. The standard InChI is InChI=1S/C13H14N2O3S/c16-11-5-4-9(12(17)14-11)15-6-8-7(13(15)18)2-1-3-10(8)19/h1-3,9,11,16,19H,4-6H2,(H,14,17). The molecule has 0 aliphatic carbocycles. The van der Waals surface area contributed by atoms with E-state index < -0.39 is 12.3 Å². The normalized spacial score (nSPS) is 26.3. The molecule has 2 N–H and O–H groups in total. The van der Waals surface area contributed by atoms with Gasteiger partial charge >= 0.3 is 0 Å². The predicted molar refractivity (Wildman–Crippen MR) is 70.7 cm³/mol. The Morgan fingerprint density at radius 3 is 2.79 bits per heavy atom. The summed E-state index contributed by atoms with van der Waals surface area (Å²) in [5.41, 5.74) is 1.49. The number of aliphatic hydroxyl groups is 1. The summed E-state index contributed by atoms with van der Waals surface area (Å²) in [4.78, 5) is 26.5. The number of benzene rings is 1. The lowest BCUT2D eigenvalue weighted by molar-refractivity contribution is -0.132. The number of hydrogen-bond donors (Lipinski definition) is 3. The maximum atomic E-state index is 12.3. The lowest BCUT2D eigenvalue weighted by Crippen LogP contribution is -2.54. The lowest BCUT2D eigenvalue weighted by atomic mass is 10.0. The Morgan fingerprint density at radius 1 is 1.32 bits per heavy atom. The molecule has 2 aliphatic heterocycles. The summed E-state index contributed by atoms with van der Waals surface area (Å²) in [7, 11) is 0. The van der Waals surface area contributed by atoms with Crippen molar-refractivity contribution in [3.8, 4) is 0 Å². The van der Waals surface area contributed by atoms with E-state index in [1.165, 1.54) is 0 Å². The summed E-state index contributed by atoms with van der Waals surface area (Å²) >= 11 is 4.35. The van der Waals surface area contributed by atoms with Gasteiger partial charge in [-0.15, -0.1) is 12.6 Å². The number of carbonyl (C=O) groups excluding carboxylic acids is 2. The van der Waals surface area contributed by atoms with Gasteiger partial charge in [0.15, 0.2) is 0 Å². The zero-order chi connectivity index (χ0) is 13.6. The van der Waals surface area contributed by atoms with Gasteiger partial charge in [-0.2, -0.15) is 0 Å². The van der Waals surface area contributed by atoms with Crippen molar-refractivity contribution in [2.24, 2.45) is 0 Å². The van der Waals surface area contributed by atoms with Gasteiger partial charge in [-0.05, 0) is 30.5 Å². The Hall–Kier alpha value is -1.53. The van der Waals surface area contributed by atoms with Crippen LogP contribution in [0.15, 0.2) is 23.1 Å². The number of nitrogens with zero attached hydrogens (tertiary/aromatic N) is 1. The number of aliphatic hydroxyl groups excluding tert-OH is 1. The van der Waals surface area contributed by atoms with Crippen molar-refractivity contribution in [1.82, 2.24) is 10.2 Å². The first-order valence-corrected chi connectivity index (χ1v) is 6.63. The van der Waals surface area contributed by atoms with Crippen molar-refractivity contribution >= 4 is 24.4 Å². The highest BCUT2D eigenvalue weighted by molar-refractivity contribution is 7.80. The molecule has 100 valence electrons. The van der Waals surface area contributed by atoms with Gasteiger partial charge in [-0.25, -0.2) is 0 Å². The maximum absolute atomic E-state index is 12.3. The summed E-state index contributed by atoms with van der Waals surface area (Å²) in [5, 5.41) is 11.8. The van der Waals surface area contributed by atoms with Gasteiger partial charge in [0, 0.05) is 17.0 Å². The van der Waals surface area contributed by atoms with Crippen LogP contribution in [0.3, 0.4) is 0 Å². The van der Waals surface area contributed by atoms with Crippen LogP contribution in [0, 0.1) is 0 Å². The predicted octanol–water partition coefficient (Wildman–Crippen LogP) is 0.528. The van der Waals surface area contributed by atoms with Gasteiger partial charge in [-0.3, -0.25) is 9.59 Å². The molecule has 2 atom stereocenters. The minimum atomic E-state index is -0.802. The van der Waals surface area contributed by atoms with Crippen LogP contribution in [-0.4, -0.2) is 34.1 Å². The Morgan fingerprint density at radius 2 is 2.11 bits per heavy atom. The van der Waals surface area contributed by atoms with Crippen LogP contribution < -0.4 is 5.32 Å². The Balaban J connectivity index is 1.88. The Bertz CT molecular complexity index is 561. The van der Waals surface area contributed by atoms with Gasteiger partial charge < -0.3 is 15.3 Å². The van der Waals surface area contributed by atoms with E-state index in [0.717, 1.165) is 10.5 Å². The first-order valence-electron chi connectivity index (χ1n) is 6.18. The quantitative estimate of drug-likeness (QED) is 0.656. The van der Waals surface area contributed by atoms with Gasteiger partial charge in [0.05, 0.1) is 0 Å². The largest absolute Gasteiger partial charge is 0.374 e. The number of nitrogens with one attached hydrogen (secondary N) is 1. The molecule has 0 saturated carbocycles. The monoisotopic (exact) mass is 278 g/mol. The highest BCUT2D eigenvalue weighted by Gasteiger charge is 2.39. The Kier molecular flexibility index (Phi) is 2.99. The van der Waals surface area contributed by atoms with E-state index in [1.807, 2.05) is 6.07 Å². The van der Waals surface area contributed by atoms with E-state index >= 15 is 0 Å². The SMILES string of the molecule is O=C1NC(O)CCC1N1Cc2c(S)cccc2C1=O. The summed E-state index contributed by atoms with van der Waals surface area (Å²) in [6, 6.07) is 4.87. The molecule has 0 radical (unpaired) electrons. The zero-order valence-corrected chi connectivity index (χ0v) is 11.1. The molecular weight excluding hydrogens is 264 g/mol. The lowest BCUT2D eigenvalue weighted by Gasteiger charge is -2.32. The second-order valence-corrected chi connectivity index (χ2v) is 5.34. The second kappa shape index (κ2) is 4.54. The zero-order valence-electron chi connectivity index (χ0n) is 10.2. The summed E-state index contributed by atoms with van der Waals surface area (Å²) < 4.78 is 0. The van der Waals surface area contributed by atoms with Gasteiger partial charge in [-0.1, -0.05) is 6.07 Å². The topological polar surface area (TPSA) is 69.6 Å². The third kappa shape index (κ3) is 2.01. The molecule has 1 aromatic rings. The highest BCUT2D eigenvalue weighted by Crippen LogP contribution is 2.31. The van der Waals surface area contributed by atoms with E-state index in [-0.39, 0.29) is 11.8 Å². The van der Waals surface area contributed by atoms with Crippen LogP contribution in [0.25, 0.3) is 0 Å². The first-order chi connectivity index (χ1) is 9.08. The van der Waals surface area contributed by atoms with Gasteiger partial charge in [0.2, 0.25) is 5.91 Å². The minimum absolute atomic E-state index is 0.137. The number of piperidine rings is 1. The van der Waals surface area contributed by atoms with Crippen molar-refractivity contribution in [3.63, 3.8) is 0 Å². The van der Waals surface area contributed by atoms with E-state index in [2.05, 4.69) is 17.9 Å². The molecule has 19 heavy (non-hydrogen) atoms. The molecule has 3 rings (SSSR count). The molecule has 0 spiro atoms. The van der Waals surface area contributed by atoms with Crippen LogP contribution >= 0.6 is 12.6 Å². The molecule has 5 nitrogen and oxygen atoms in total. The van der Waals surface area contributed by atoms with Crippen LogP contribution in [0.5, 0.6) is 0 Å². The third-order valence-electron chi connectivity index (χ3n) is 3.67. The molecule has 2 heterocycles. The first kappa shape index (κ1) is 12.5. The maximum Gasteiger partial charge on any atom is 0.255 e. The van der Waals surface area contributed by atoms with Crippen molar-refractivity contribution in [1.29, 1.82) is 0 Å². The Labute approximate surface area is 116 Å². The third-order valence-corrected chi connectivity index (χ3v) is 4.09.